The van der Waals surface area contributed by atoms with Gasteiger partial charge in [0.15, 0.2) is 5.82 Å². The van der Waals surface area contributed by atoms with Crippen molar-refractivity contribution in [3.05, 3.63) is 11.7 Å². The standard InChI is InChI=1S/C12H23N3O/c1-5-6-10(4)13-8-7-11-14-12(9(2)3)15-16-11/h9-10,13H,5-8H2,1-4H3. The minimum Gasteiger partial charge on any atom is -0.339 e. The Labute approximate surface area is 97.8 Å². The van der Waals surface area contributed by atoms with Crippen molar-refractivity contribution in [2.45, 2.75) is 58.9 Å². The molecule has 1 aromatic rings. The van der Waals surface area contributed by atoms with E-state index in [4.69, 9.17) is 4.52 Å². The van der Waals surface area contributed by atoms with Crippen molar-refractivity contribution in [2.24, 2.45) is 0 Å². The van der Waals surface area contributed by atoms with Gasteiger partial charge in [-0.3, -0.25) is 0 Å². The monoisotopic (exact) mass is 225 g/mol. The van der Waals surface area contributed by atoms with Gasteiger partial charge in [0.2, 0.25) is 5.89 Å². The third-order valence-electron chi connectivity index (χ3n) is 2.55. The van der Waals surface area contributed by atoms with Crippen molar-refractivity contribution in [3.63, 3.8) is 0 Å². The third-order valence-corrected chi connectivity index (χ3v) is 2.55. The van der Waals surface area contributed by atoms with E-state index in [1.807, 2.05) is 0 Å². The highest BCUT2D eigenvalue weighted by Crippen LogP contribution is 2.09. The van der Waals surface area contributed by atoms with E-state index in [1.54, 1.807) is 0 Å². The molecule has 1 heterocycles. The van der Waals surface area contributed by atoms with Crippen LogP contribution in [0.5, 0.6) is 0 Å². The Morgan fingerprint density at radius 1 is 1.31 bits per heavy atom. The number of hydrogen-bond donors (Lipinski definition) is 1. The number of nitrogens with zero attached hydrogens (tertiary/aromatic N) is 2. The van der Waals surface area contributed by atoms with Gasteiger partial charge >= 0.3 is 0 Å². The molecule has 1 unspecified atom stereocenters. The minimum atomic E-state index is 0.337. The second-order valence-corrected chi connectivity index (χ2v) is 4.59. The van der Waals surface area contributed by atoms with Crippen molar-refractivity contribution in [3.8, 4) is 0 Å². The van der Waals surface area contributed by atoms with Gasteiger partial charge in [-0.2, -0.15) is 4.98 Å². The van der Waals surface area contributed by atoms with Gasteiger partial charge in [-0.1, -0.05) is 32.3 Å². The van der Waals surface area contributed by atoms with Crippen molar-refractivity contribution in [2.75, 3.05) is 6.54 Å². The Bertz CT molecular complexity index is 296. The van der Waals surface area contributed by atoms with Crippen LogP contribution in [0.2, 0.25) is 0 Å². The molecule has 0 bridgehead atoms. The van der Waals surface area contributed by atoms with Crippen LogP contribution in [0.15, 0.2) is 4.52 Å². The molecule has 1 aromatic heterocycles. The first kappa shape index (κ1) is 13.2. The summed E-state index contributed by atoms with van der Waals surface area (Å²) in [6, 6.07) is 0.567. The zero-order valence-electron chi connectivity index (χ0n) is 10.8. The van der Waals surface area contributed by atoms with Gasteiger partial charge in [-0.25, -0.2) is 0 Å². The molecule has 4 heteroatoms. The molecule has 0 saturated heterocycles. The average molecular weight is 225 g/mol. The number of rotatable bonds is 7. The molecule has 0 aliphatic heterocycles. The first-order valence-electron chi connectivity index (χ1n) is 6.19. The van der Waals surface area contributed by atoms with Crippen LogP contribution in [0.1, 0.15) is 58.2 Å². The maximum Gasteiger partial charge on any atom is 0.227 e. The second kappa shape index (κ2) is 6.63. The lowest BCUT2D eigenvalue weighted by molar-refractivity contribution is 0.365. The van der Waals surface area contributed by atoms with E-state index in [0.29, 0.717) is 12.0 Å². The van der Waals surface area contributed by atoms with Crippen LogP contribution >= 0.6 is 0 Å². The Morgan fingerprint density at radius 3 is 2.62 bits per heavy atom. The van der Waals surface area contributed by atoms with Crippen LogP contribution in [-0.4, -0.2) is 22.7 Å². The first-order valence-corrected chi connectivity index (χ1v) is 6.19. The van der Waals surface area contributed by atoms with Gasteiger partial charge in [0, 0.05) is 24.9 Å². The number of hydrogen-bond acceptors (Lipinski definition) is 4. The molecule has 16 heavy (non-hydrogen) atoms. The lowest BCUT2D eigenvalue weighted by Crippen LogP contribution is -2.27. The molecule has 0 aliphatic carbocycles. The van der Waals surface area contributed by atoms with Crippen LogP contribution in [0, 0.1) is 0 Å². The molecule has 92 valence electrons. The maximum atomic E-state index is 5.17. The van der Waals surface area contributed by atoms with Crippen molar-refractivity contribution < 1.29 is 4.52 Å². The van der Waals surface area contributed by atoms with E-state index in [2.05, 4.69) is 43.2 Å². The second-order valence-electron chi connectivity index (χ2n) is 4.59. The molecule has 0 amide bonds. The summed E-state index contributed by atoms with van der Waals surface area (Å²) in [5, 5.41) is 7.38. The third kappa shape index (κ3) is 4.31. The highest BCUT2D eigenvalue weighted by Gasteiger charge is 2.09. The summed E-state index contributed by atoms with van der Waals surface area (Å²) >= 11 is 0. The Morgan fingerprint density at radius 2 is 2.06 bits per heavy atom. The predicted molar refractivity (Wildman–Crippen MR) is 64.5 cm³/mol. The van der Waals surface area contributed by atoms with Gasteiger partial charge in [0.05, 0.1) is 0 Å². The van der Waals surface area contributed by atoms with Gasteiger partial charge in [0.25, 0.3) is 0 Å². The topological polar surface area (TPSA) is 51.0 Å². The molecular formula is C12H23N3O. The van der Waals surface area contributed by atoms with E-state index in [-0.39, 0.29) is 0 Å². The van der Waals surface area contributed by atoms with E-state index < -0.39 is 0 Å². The Kier molecular flexibility index (Phi) is 5.46. The van der Waals surface area contributed by atoms with Crippen LogP contribution in [0.3, 0.4) is 0 Å². The molecule has 0 aromatic carbocycles. The predicted octanol–water partition coefficient (Wildman–Crippen LogP) is 2.51. The molecule has 0 spiro atoms. The summed E-state index contributed by atoms with van der Waals surface area (Å²) in [6.07, 6.45) is 3.24. The molecule has 0 radical (unpaired) electrons. The maximum absolute atomic E-state index is 5.17. The highest BCUT2D eigenvalue weighted by molar-refractivity contribution is 4.91. The SMILES string of the molecule is CCCC(C)NCCc1nc(C(C)C)no1. The van der Waals surface area contributed by atoms with Gasteiger partial charge < -0.3 is 9.84 Å². The molecular weight excluding hydrogens is 202 g/mol. The minimum absolute atomic E-state index is 0.337. The normalized spacial score (nSPS) is 13.3. The molecule has 1 rings (SSSR count). The summed E-state index contributed by atoms with van der Waals surface area (Å²) in [6.45, 7) is 9.44. The van der Waals surface area contributed by atoms with Crippen molar-refractivity contribution >= 4 is 0 Å². The van der Waals surface area contributed by atoms with Crippen LogP contribution in [0.4, 0.5) is 0 Å². The van der Waals surface area contributed by atoms with Gasteiger partial charge in [-0.15, -0.1) is 0 Å². The molecule has 0 aliphatic rings. The van der Waals surface area contributed by atoms with Crippen LogP contribution in [0.25, 0.3) is 0 Å². The lowest BCUT2D eigenvalue weighted by Gasteiger charge is -2.10. The summed E-state index contributed by atoms with van der Waals surface area (Å²) < 4.78 is 5.17. The molecule has 1 atom stereocenters. The quantitative estimate of drug-likeness (QED) is 0.774. The molecule has 0 fully saturated rings. The Hall–Kier alpha value is -0.900. The summed E-state index contributed by atoms with van der Waals surface area (Å²) in [5.41, 5.74) is 0. The zero-order valence-corrected chi connectivity index (χ0v) is 10.8. The van der Waals surface area contributed by atoms with E-state index in [9.17, 15) is 0 Å². The number of nitrogens with one attached hydrogen (secondary N) is 1. The smallest absolute Gasteiger partial charge is 0.227 e. The Balaban J connectivity index is 2.26. The number of aromatic nitrogens is 2. The van der Waals surface area contributed by atoms with Crippen LogP contribution < -0.4 is 5.32 Å². The fourth-order valence-electron chi connectivity index (χ4n) is 1.56. The summed E-state index contributed by atoms with van der Waals surface area (Å²) in [5.74, 6) is 1.88. The summed E-state index contributed by atoms with van der Waals surface area (Å²) in [7, 11) is 0. The first-order chi connectivity index (χ1) is 7.63. The van der Waals surface area contributed by atoms with Crippen LogP contribution in [-0.2, 0) is 6.42 Å². The zero-order chi connectivity index (χ0) is 12.0. The van der Waals surface area contributed by atoms with E-state index in [1.165, 1.54) is 12.8 Å². The van der Waals surface area contributed by atoms with E-state index in [0.717, 1.165) is 24.7 Å². The fourth-order valence-corrected chi connectivity index (χ4v) is 1.56. The average Bonchev–Trinajstić information content (AvgIpc) is 2.67. The van der Waals surface area contributed by atoms with Gasteiger partial charge in [0.1, 0.15) is 0 Å². The lowest BCUT2D eigenvalue weighted by atomic mass is 10.2. The van der Waals surface area contributed by atoms with Crippen molar-refractivity contribution in [1.29, 1.82) is 0 Å². The largest absolute Gasteiger partial charge is 0.339 e. The van der Waals surface area contributed by atoms with Gasteiger partial charge in [-0.05, 0) is 13.3 Å². The summed E-state index contributed by atoms with van der Waals surface area (Å²) in [4.78, 5) is 4.33. The van der Waals surface area contributed by atoms with Crippen molar-refractivity contribution in [1.82, 2.24) is 15.5 Å². The van der Waals surface area contributed by atoms with E-state index >= 15 is 0 Å². The highest BCUT2D eigenvalue weighted by atomic mass is 16.5. The molecule has 1 N–H and O–H groups in total. The molecule has 0 saturated carbocycles. The fraction of sp³-hybridized carbons (Fsp3) is 0.833. The molecule has 4 nitrogen and oxygen atoms in total.